The molecule has 1 rings (SSSR count). The van der Waals surface area contributed by atoms with Gasteiger partial charge >= 0.3 is 0 Å². The molecule has 0 radical (unpaired) electrons. The fourth-order valence-electron chi connectivity index (χ4n) is 0.685. The minimum atomic E-state index is -0.412. The van der Waals surface area contributed by atoms with Gasteiger partial charge in [-0.15, -0.1) is 0 Å². The van der Waals surface area contributed by atoms with E-state index in [4.69, 9.17) is 0 Å². The molecule has 0 aromatic heterocycles. The molecule has 0 N–H and O–H groups in total. The molecule has 0 saturated carbocycles. The zero-order chi connectivity index (χ0) is 10.3. The Morgan fingerprint density at radius 1 is 1.23 bits per heavy atom. The molecule has 0 fully saturated rings. The lowest BCUT2D eigenvalue weighted by Crippen LogP contribution is -1.82. The number of rotatable bonds is 2. The molecule has 0 aliphatic heterocycles. The van der Waals surface area contributed by atoms with Crippen molar-refractivity contribution in [3.63, 3.8) is 0 Å². The van der Waals surface area contributed by atoms with Gasteiger partial charge in [0.2, 0.25) is 0 Å². The van der Waals surface area contributed by atoms with E-state index < -0.39 is 4.33 Å². The first-order valence-corrected chi connectivity index (χ1v) is 4.85. The normalized spacial score (nSPS) is 8.54. The second-order valence-corrected chi connectivity index (χ2v) is 3.08. The number of nitro groups is 1. The lowest BCUT2D eigenvalue weighted by atomic mass is 10.2. The van der Waals surface area contributed by atoms with E-state index in [0.29, 0.717) is 16.8 Å². The van der Waals surface area contributed by atoms with Crippen LogP contribution in [0.1, 0.15) is 19.4 Å². The Hall–Kier alpha value is -1.03. The van der Waals surface area contributed by atoms with Crippen LogP contribution >= 0.6 is 11.9 Å². The quantitative estimate of drug-likeness (QED) is 0.417. The zero-order valence-electron chi connectivity index (χ0n) is 7.98. The molecular weight excluding hydrogens is 186 g/mol. The van der Waals surface area contributed by atoms with Gasteiger partial charge in [0.1, 0.15) is 4.33 Å². The van der Waals surface area contributed by atoms with Crippen LogP contribution in [-0.4, -0.2) is 4.33 Å². The maximum absolute atomic E-state index is 10.0. The van der Waals surface area contributed by atoms with E-state index in [1.807, 2.05) is 32.9 Å². The van der Waals surface area contributed by atoms with E-state index in [-0.39, 0.29) is 0 Å². The molecule has 0 spiro atoms. The summed E-state index contributed by atoms with van der Waals surface area (Å²) in [6, 6.07) is 7.18. The summed E-state index contributed by atoms with van der Waals surface area (Å²) >= 11 is 0.629. The van der Waals surface area contributed by atoms with Gasteiger partial charge in [0.25, 0.3) is 11.9 Å². The molecule has 0 bridgehead atoms. The van der Waals surface area contributed by atoms with Crippen molar-refractivity contribution in [3.05, 3.63) is 39.9 Å². The average molecular weight is 199 g/mol. The number of benzene rings is 1. The van der Waals surface area contributed by atoms with Gasteiger partial charge in [0.15, 0.2) is 0 Å². The van der Waals surface area contributed by atoms with Crippen LogP contribution < -0.4 is 0 Å². The van der Waals surface area contributed by atoms with Gasteiger partial charge in [-0.05, 0) is 19.1 Å². The van der Waals surface area contributed by atoms with Crippen molar-refractivity contribution >= 4 is 11.9 Å². The van der Waals surface area contributed by atoms with Crippen LogP contribution in [0.15, 0.2) is 29.2 Å². The molecule has 13 heavy (non-hydrogen) atoms. The van der Waals surface area contributed by atoms with Crippen molar-refractivity contribution < 1.29 is 4.33 Å². The van der Waals surface area contributed by atoms with Gasteiger partial charge in [-0.25, -0.2) is 0 Å². The van der Waals surface area contributed by atoms with Gasteiger partial charge < -0.3 is 0 Å². The molecule has 3 nitrogen and oxygen atoms in total. The van der Waals surface area contributed by atoms with E-state index in [2.05, 4.69) is 0 Å². The lowest BCUT2D eigenvalue weighted by Gasteiger charge is -1.91. The summed E-state index contributed by atoms with van der Waals surface area (Å²) < 4.78 is -0.412. The monoisotopic (exact) mass is 199 g/mol. The van der Waals surface area contributed by atoms with Crippen LogP contribution in [0.3, 0.4) is 0 Å². The smallest absolute Gasteiger partial charge is 0.250 e. The first-order valence-electron chi connectivity index (χ1n) is 4.07. The van der Waals surface area contributed by atoms with Crippen LogP contribution in [0.2, 0.25) is 0 Å². The highest BCUT2D eigenvalue weighted by molar-refractivity contribution is 7.93. The van der Waals surface area contributed by atoms with Crippen LogP contribution in [0.4, 0.5) is 0 Å². The van der Waals surface area contributed by atoms with Gasteiger partial charge in [-0.2, -0.15) is 0 Å². The summed E-state index contributed by atoms with van der Waals surface area (Å²) in [5.41, 5.74) is 1.11. The van der Waals surface area contributed by atoms with Crippen LogP contribution in [0, 0.1) is 17.0 Å². The Morgan fingerprint density at radius 2 is 1.69 bits per heavy atom. The summed E-state index contributed by atoms with van der Waals surface area (Å²) in [5, 5.41) is 10.0. The third-order valence-corrected chi connectivity index (χ3v) is 1.83. The molecular formula is C9H13NO2S. The molecule has 1 aromatic carbocycles. The Kier molecular flexibility index (Phi) is 5.97. The van der Waals surface area contributed by atoms with E-state index in [9.17, 15) is 10.1 Å². The van der Waals surface area contributed by atoms with Gasteiger partial charge in [0, 0.05) is 0 Å². The number of nitrogens with zero attached hydrogens (tertiary/aromatic N) is 1. The van der Waals surface area contributed by atoms with Gasteiger partial charge in [0.05, 0.1) is 4.90 Å². The highest BCUT2D eigenvalue weighted by Crippen LogP contribution is 2.17. The fraction of sp³-hybridized carbons (Fsp3) is 0.333. The molecule has 4 heteroatoms. The van der Waals surface area contributed by atoms with E-state index in [1.165, 1.54) is 0 Å². The van der Waals surface area contributed by atoms with E-state index >= 15 is 0 Å². The predicted molar refractivity (Wildman–Crippen MR) is 55.4 cm³/mol. The highest BCUT2D eigenvalue weighted by atomic mass is 32.2. The fourth-order valence-corrected chi connectivity index (χ4v) is 1.12. The second kappa shape index (κ2) is 6.48. The van der Waals surface area contributed by atoms with Crippen molar-refractivity contribution in [3.8, 4) is 0 Å². The molecule has 0 amide bonds. The molecule has 0 saturated heterocycles. The van der Waals surface area contributed by atoms with Crippen molar-refractivity contribution in [1.82, 2.24) is 0 Å². The lowest BCUT2D eigenvalue weighted by molar-refractivity contribution is -0.284. The summed E-state index contributed by atoms with van der Waals surface area (Å²) in [5.74, 6) is 0. The standard InChI is InChI=1S/C7H7NO2S.C2H6/c1-6-2-4-7(5-3-6)11-8(9)10;1-2/h2-5H,1H3;1-2H3. The van der Waals surface area contributed by atoms with Crippen LogP contribution in [-0.2, 0) is 0 Å². The topological polar surface area (TPSA) is 43.1 Å². The Labute approximate surface area is 82.4 Å². The van der Waals surface area contributed by atoms with Crippen molar-refractivity contribution in [1.29, 1.82) is 0 Å². The summed E-state index contributed by atoms with van der Waals surface area (Å²) in [6.45, 7) is 5.95. The second-order valence-electron chi connectivity index (χ2n) is 2.13. The zero-order valence-corrected chi connectivity index (χ0v) is 8.80. The van der Waals surface area contributed by atoms with Crippen LogP contribution in [0.25, 0.3) is 0 Å². The summed E-state index contributed by atoms with van der Waals surface area (Å²) in [7, 11) is 0. The number of hydrogen-bond donors (Lipinski definition) is 0. The number of hydrogen-bond acceptors (Lipinski definition) is 3. The molecule has 1 aromatic rings. The Bertz CT molecular complexity index is 259. The first kappa shape index (κ1) is 12.0. The maximum atomic E-state index is 10.0. The molecule has 72 valence electrons. The van der Waals surface area contributed by atoms with Gasteiger partial charge in [-0.1, -0.05) is 31.5 Å². The minimum Gasteiger partial charge on any atom is -0.250 e. The first-order chi connectivity index (χ1) is 6.18. The largest absolute Gasteiger partial charge is 0.265 e. The third-order valence-electron chi connectivity index (χ3n) is 1.20. The van der Waals surface area contributed by atoms with Crippen molar-refractivity contribution in [2.45, 2.75) is 25.7 Å². The molecule has 0 unspecified atom stereocenters. The SMILES string of the molecule is CC.Cc1ccc(S[N+](=O)[O-])cc1. The minimum absolute atomic E-state index is 0.412. The molecule has 0 aliphatic rings. The Balaban J connectivity index is 0.000000671. The van der Waals surface area contributed by atoms with Crippen molar-refractivity contribution in [2.24, 2.45) is 0 Å². The molecule has 0 aliphatic carbocycles. The molecule has 0 heterocycles. The van der Waals surface area contributed by atoms with Gasteiger partial charge in [-0.3, -0.25) is 10.1 Å². The highest BCUT2D eigenvalue weighted by Gasteiger charge is 2.02. The Morgan fingerprint density at radius 3 is 2.08 bits per heavy atom. The average Bonchev–Trinajstić information content (AvgIpc) is 2.12. The van der Waals surface area contributed by atoms with Crippen molar-refractivity contribution in [2.75, 3.05) is 0 Å². The molecule has 0 atom stereocenters. The van der Waals surface area contributed by atoms with E-state index in [0.717, 1.165) is 5.56 Å². The van der Waals surface area contributed by atoms with Crippen LogP contribution in [0.5, 0.6) is 0 Å². The summed E-state index contributed by atoms with van der Waals surface area (Å²) in [4.78, 5) is 10.7. The van der Waals surface area contributed by atoms with E-state index in [1.54, 1.807) is 12.1 Å². The third kappa shape index (κ3) is 5.25. The maximum Gasteiger partial charge on any atom is 0.265 e. The predicted octanol–water partition coefficient (Wildman–Crippen LogP) is 3.31. The number of aryl methyl sites for hydroxylation is 1. The summed E-state index contributed by atoms with van der Waals surface area (Å²) in [6.07, 6.45) is 0.